The Morgan fingerprint density at radius 1 is 1.55 bits per heavy atom. The number of pyridine rings is 1. The van der Waals surface area contributed by atoms with Gasteiger partial charge in [0, 0.05) is 6.20 Å². The maximum Gasteiger partial charge on any atom is 0.0762 e. The molecule has 0 amide bonds. The second-order valence-electron chi connectivity index (χ2n) is 2.58. The minimum absolute atomic E-state index is 1.19. The zero-order chi connectivity index (χ0) is 7.84. The van der Waals surface area contributed by atoms with E-state index in [1.807, 2.05) is 23.0 Å². The lowest BCUT2D eigenvalue weighted by molar-refractivity contribution is 0.964. The van der Waals surface area contributed by atoms with Crippen LogP contribution in [0.1, 0.15) is 5.56 Å². The largest absolute Gasteiger partial charge is 0.240 e. The number of fused-ring (bicyclic) bond motifs is 1. The Bertz CT molecular complexity index is 392. The summed E-state index contributed by atoms with van der Waals surface area (Å²) in [7, 11) is 2.71. The van der Waals surface area contributed by atoms with Crippen LogP contribution in [-0.2, 0) is 0 Å². The lowest BCUT2D eigenvalue weighted by Crippen LogP contribution is -1.98. The smallest absolute Gasteiger partial charge is 0.0762 e. The molecular weight excluding hydrogens is 155 g/mol. The van der Waals surface area contributed by atoms with E-state index in [1.54, 1.807) is 0 Å². The van der Waals surface area contributed by atoms with Crippen LogP contribution in [0.5, 0.6) is 0 Å². The van der Waals surface area contributed by atoms with Gasteiger partial charge in [-0.05, 0) is 23.9 Å². The third kappa shape index (κ3) is 0.945. The number of hydrogen-bond acceptors (Lipinski definition) is 1. The molecule has 0 radical (unpaired) electrons. The average Bonchev–Trinajstić information content (AvgIpc) is 2.34. The summed E-state index contributed by atoms with van der Waals surface area (Å²) in [6.45, 7) is 2.07. The fraction of sp³-hybridized carbons (Fsp3) is 0.125. The second-order valence-corrected chi connectivity index (χ2v) is 3.21. The van der Waals surface area contributed by atoms with Crippen molar-refractivity contribution in [3.63, 3.8) is 0 Å². The summed E-state index contributed by atoms with van der Waals surface area (Å²) in [5.74, 6) is 0. The summed E-state index contributed by atoms with van der Waals surface area (Å²) in [6.07, 6.45) is 3.83. The Hall–Kier alpha value is -0.880. The molecule has 2 aromatic heterocycles. The van der Waals surface area contributed by atoms with Crippen molar-refractivity contribution in [2.75, 3.05) is 0 Å². The molecule has 11 heavy (non-hydrogen) atoms. The Morgan fingerprint density at radius 2 is 2.36 bits per heavy atom. The number of aryl methyl sites for hydroxylation is 1. The summed E-state index contributed by atoms with van der Waals surface area (Å²) < 4.78 is 1.89. The minimum atomic E-state index is 1.19. The average molecular weight is 164 g/mol. The molecule has 2 aromatic rings. The lowest BCUT2D eigenvalue weighted by Gasteiger charge is -1.96. The zero-order valence-corrected chi connectivity index (χ0v) is 7.44. The van der Waals surface area contributed by atoms with E-state index in [1.165, 1.54) is 16.4 Å². The summed E-state index contributed by atoms with van der Waals surface area (Å²) in [6, 6.07) is 4.05. The highest BCUT2D eigenvalue weighted by atomic mass is 31.0. The van der Waals surface area contributed by atoms with Crippen molar-refractivity contribution >= 4 is 20.1 Å². The van der Waals surface area contributed by atoms with E-state index in [0.717, 1.165) is 0 Å². The van der Waals surface area contributed by atoms with Crippen LogP contribution >= 0.6 is 9.24 Å². The highest BCUT2D eigenvalue weighted by Gasteiger charge is 1.99. The van der Waals surface area contributed by atoms with Crippen LogP contribution in [0.2, 0.25) is 0 Å². The monoisotopic (exact) mass is 164 g/mol. The highest BCUT2D eigenvalue weighted by molar-refractivity contribution is 7.28. The normalized spacial score (nSPS) is 10.7. The quantitative estimate of drug-likeness (QED) is 0.534. The SMILES string of the molecule is Cc1cnn2cccc(P)c12. The van der Waals surface area contributed by atoms with Crippen molar-refractivity contribution in [3.05, 3.63) is 30.1 Å². The molecular formula is C8H9N2P. The van der Waals surface area contributed by atoms with Gasteiger partial charge in [-0.1, -0.05) is 6.07 Å². The lowest BCUT2D eigenvalue weighted by atomic mass is 10.3. The van der Waals surface area contributed by atoms with Gasteiger partial charge in [0.25, 0.3) is 0 Å². The van der Waals surface area contributed by atoms with E-state index in [-0.39, 0.29) is 0 Å². The Kier molecular flexibility index (Phi) is 1.43. The molecule has 1 unspecified atom stereocenters. The summed E-state index contributed by atoms with van der Waals surface area (Å²) in [5.41, 5.74) is 2.41. The Morgan fingerprint density at radius 3 is 3.09 bits per heavy atom. The first kappa shape index (κ1) is 6.81. The van der Waals surface area contributed by atoms with E-state index in [2.05, 4.69) is 27.3 Å². The second kappa shape index (κ2) is 2.31. The topological polar surface area (TPSA) is 17.3 Å². The summed E-state index contributed by atoms with van der Waals surface area (Å²) in [4.78, 5) is 0. The van der Waals surface area contributed by atoms with Gasteiger partial charge < -0.3 is 0 Å². The first-order valence-electron chi connectivity index (χ1n) is 3.47. The standard InChI is InChI=1S/C8H9N2P/c1-6-5-9-10-4-2-3-7(11)8(6)10/h2-5H,11H2,1H3. The van der Waals surface area contributed by atoms with Crippen LogP contribution in [0.15, 0.2) is 24.5 Å². The number of hydrogen-bond donors (Lipinski definition) is 0. The Labute approximate surface area is 67.4 Å². The maximum absolute atomic E-state index is 4.18. The van der Waals surface area contributed by atoms with E-state index >= 15 is 0 Å². The Balaban J connectivity index is 2.96. The third-order valence-electron chi connectivity index (χ3n) is 1.75. The van der Waals surface area contributed by atoms with Gasteiger partial charge >= 0.3 is 0 Å². The molecule has 2 heterocycles. The highest BCUT2D eigenvalue weighted by Crippen LogP contribution is 2.07. The van der Waals surface area contributed by atoms with Crippen molar-refractivity contribution < 1.29 is 0 Å². The van der Waals surface area contributed by atoms with Gasteiger partial charge in [0.05, 0.1) is 11.7 Å². The molecule has 1 atom stereocenters. The molecule has 0 N–H and O–H groups in total. The van der Waals surface area contributed by atoms with Crippen LogP contribution in [0.3, 0.4) is 0 Å². The van der Waals surface area contributed by atoms with Gasteiger partial charge in [-0.3, -0.25) is 0 Å². The first-order valence-corrected chi connectivity index (χ1v) is 4.05. The van der Waals surface area contributed by atoms with Gasteiger partial charge in [0.2, 0.25) is 0 Å². The van der Waals surface area contributed by atoms with Gasteiger partial charge in [-0.15, -0.1) is 9.24 Å². The van der Waals surface area contributed by atoms with Crippen molar-refractivity contribution in [3.8, 4) is 0 Å². The molecule has 0 aliphatic carbocycles. The van der Waals surface area contributed by atoms with Gasteiger partial charge in [0.1, 0.15) is 0 Å². The van der Waals surface area contributed by atoms with E-state index in [9.17, 15) is 0 Å². The van der Waals surface area contributed by atoms with Crippen molar-refractivity contribution in [2.24, 2.45) is 0 Å². The maximum atomic E-state index is 4.18. The van der Waals surface area contributed by atoms with Crippen molar-refractivity contribution in [1.29, 1.82) is 0 Å². The summed E-state index contributed by atoms with van der Waals surface area (Å²) in [5, 5.41) is 5.38. The molecule has 0 aromatic carbocycles. The molecule has 0 saturated heterocycles. The number of rotatable bonds is 0. The van der Waals surface area contributed by atoms with Gasteiger partial charge in [-0.2, -0.15) is 5.10 Å². The van der Waals surface area contributed by atoms with Crippen molar-refractivity contribution in [2.45, 2.75) is 6.92 Å². The first-order chi connectivity index (χ1) is 5.29. The molecule has 0 fully saturated rings. The molecule has 2 nitrogen and oxygen atoms in total. The van der Waals surface area contributed by atoms with E-state index in [4.69, 9.17) is 0 Å². The molecule has 56 valence electrons. The zero-order valence-electron chi connectivity index (χ0n) is 6.28. The predicted molar refractivity (Wildman–Crippen MR) is 49.3 cm³/mol. The fourth-order valence-corrected chi connectivity index (χ4v) is 1.70. The molecule has 0 spiro atoms. The molecule has 0 saturated carbocycles. The van der Waals surface area contributed by atoms with Crippen LogP contribution in [0, 0.1) is 6.92 Å². The number of aromatic nitrogens is 2. The molecule has 0 aliphatic heterocycles. The molecule has 2 rings (SSSR count). The summed E-state index contributed by atoms with van der Waals surface area (Å²) >= 11 is 0. The third-order valence-corrected chi connectivity index (χ3v) is 2.22. The van der Waals surface area contributed by atoms with Crippen LogP contribution < -0.4 is 5.30 Å². The number of nitrogens with zero attached hydrogens (tertiary/aromatic N) is 2. The van der Waals surface area contributed by atoms with Crippen LogP contribution in [-0.4, -0.2) is 9.61 Å². The molecule has 0 aliphatic rings. The fourth-order valence-electron chi connectivity index (χ4n) is 1.23. The minimum Gasteiger partial charge on any atom is -0.240 e. The van der Waals surface area contributed by atoms with Gasteiger partial charge in [0.15, 0.2) is 0 Å². The van der Waals surface area contributed by atoms with E-state index in [0.29, 0.717) is 0 Å². The van der Waals surface area contributed by atoms with Crippen LogP contribution in [0.4, 0.5) is 0 Å². The van der Waals surface area contributed by atoms with Gasteiger partial charge in [-0.25, -0.2) is 4.52 Å². The van der Waals surface area contributed by atoms with Crippen LogP contribution in [0.25, 0.3) is 5.52 Å². The van der Waals surface area contributed by atoms with E-state index < -0.39 is 0 Å². The van der Waals surface area contributed by atoms with Crippen molar-refractivity contribution in [1.82, 2.24) is 9.61 Å². The molecule has 0 bridgehead atoms. The molecule has 3 heteroatoms. The predicted octanol–water partition coefficient (Wildman–Crippen LogP) is 1.14.